The Bertz CT molecular complexity index is 734. The van der Waals surface area contributed by atoms with E-state index in [1.807, 2.05) is 4.90 Å². The van der Waals surface area contributed by atoms with E-state index >= 15 is 0 Å². The number of amides is 2. The molecule has 3 aliphatic rings. The van der Waals surface area contributed by atoms with Crippen LogP contribution in [0.1, 0.15) is 68.3 Å². The first-order valence-electron chi connectivity index (χ1n) is 10.8. The molecule has 2 atom stereocenters. The monoisotopic (exact) mass is 385 g/mol. The van der Waals surface area contributed by atoms with E-state index in [1.54, 1.807) is 7.11 Å². The maximum absolute atomic E-state index is 13.1. The molecule has 0 bridgehead atoms. The highest BCUT2D eigenvalue weighted by molar-refractivity contribution is 5.75. The molecule has 5 nitrogen and oxygen atoms in total. The summed E-state index contributed by atoms with van der Waals surface area (Å²) in [6.07, 6.45) is 4.50. The van der Waals surface area contributed by atoms with E-state index < -0.39 is 0 Å². The van der Waals surface area contributed by atoms with Crippen LogP contribution in [-0.4, -0.2) is 55.2 Å². The average molecular weight is 386 g/mol. The first kappa shape index (κ1) is 19.7. The van der Waals surface area contributed by atoms with Crippen LogP contribution in [0.15, 0.2) is 12.1 Å². The van der Waals surface area contributed by atoms with Crippen LogP contribution in [0.25, 0.3) is 0 Å². The fourth-order valence-electron chi connectivity index (χ4n) is 4.85. The molecule has 3 aliphatic heterocycles. The number of carbonyl (C=O) groups is 1. The third-order valence-corrected chi connectivity index (χ3v) is 6.70. The summed E-state index contributed by atoms with van der Waals surface area (Å²) in [5.41, 5.74) is 5.80. The van der Waals surface area contributed by atoms with Crippen molar-refractivity contribution in [3.05, 3.63) is 34.4 Å². The number of nitrogens with zero attached hydrogens (tertiary/aromatic N) is 2. The first-order chi connectivity index (χ1) is 13.4. The molecule has 0 unspecified atom stereocenters. The Morgan fingerprint density at radius 2 is 2.00 bits per heavy atom. The van der Waals surface area contributed by atoms with Crippen LogP contribution < -0.4 is 5.32 Å². The quantitative estimate of drug-likeness (QED) is 0.846. The second-order valence-corrected chi connectivity index (χ2v) is 9.65. The van der Waals surface area contributed by atoms with Crippen molar-refractivity contribution in [2.75, 3.05) is 33.3 Å². The lowest BCUT2D eigenvalue weighted by atomic mass is 9.80. The molecule has 2 saturated heterocycles. The number of urea groups is 1. The Morgan fingerprint density at radius 1 is 1.18 bits per heavy atom. The van der Waals surface area contributed by atoms with E-state index in [0.717, 1.165) is 45.6 Å². The van der Waals surface area contributed by atoms with Crippen molar-refractivity contribution in [2.45, 2.75) is 70.6 Å². The van der Waals surface area contributed by atoms with Gasteiger partial charge in [0.2, 0.25) is 0 Å². The highest BCUT2D eigenvalue weighted by atomic mass is 16.5. The lowest BCUT2D eigenvalue weighted by Gasteiger charge is -2.35. The maximum Gasteiger partial charge on any atom is 0.320 e. The fraction of sp³-hybridized carbons (Fsp3) is 0.696. The molecule has 28 heavy (non-hydrogen) atoms. The van der Waals surface area contributed by atoms with Gasteiger partial charge in [-0.15, -0.1) is 0 Å². The minimum absolute atomic E-state index is 0.139. The molecule has 5 heteroatoms. The first-order valence-corrected chi connectivity index (χ1v) is 10.8. The Labute approximate surface area is 169 Å². The van der Waals surface area contributed by atoms with Gasteiger partial charge < -0.3 is 19.9 Å². The van der Waals surface area contributed by atoms with E-state index in [1.165, 1.54) is 35.1 Å². The third-order valence-electron chi connectivity index (χ3n) is 6.70. The van der Waals surface area contributed by atoms with Gasteiger partial charge in [-0.3, -0.25) is 0 Å². The molecule has 0 saturated carbocycles. The minimum atomic E-state index is 0.139. The van der Waals surface area contributed by atoms with Crippen LogP contribution in [0.4, 0.5) is 4.79 Å². The average Bonchev–Trinajstić information content (AvgIpc) is 3.37. The van der Waals surface area contributed by atoms with E-state index in [2.05, 4.69) is 43.1 Å². The van der Waals surface area contributed by atoms with Crippen molar-refractivity contribution in [3.8, 4) is 0 Å². The molecular formula is C23H35N3O2. The van der Waals surface area contributed by atoms with Crippen molar-refractivity contribution >= 4 is 6.03 Å². The molecule has 0 aromatic heterocycles. The molecular weight excluding hydrogens is 350 g/mol. The number of methoxy groups -OCH3 is 1. The number of likely N-dealkylation sites (tertiary alicyclic amines) is 1. The molecule has 1 aromatic carbocycles. The maximum atomic E-state index is 13.1. The molecule has 0 aliphatic carbocycles. The zero-order valence-corrected chi connectivity index (χ0v) is 17.9. The van der Waals surface area contributed by atoms with E-state index in [4.69, 9.17) is 4.74 Å². The van der Waals surface area contributed by atoms with Gasteiger partial charge in [0.05, 0.1) is 6.10 Å². The van der Waals surface area contributed by atoms with Gasteiger partial charge >= 0.3 is 6.03 Å². The van der Waals surface area contributed by atoms with Crippen molar-refractivity contribution in [1.29, 1.82) is 0 Å². The lowest BCUT2D eigenvalue weighted by molar-refractivity contribution is 0.104. The number of ether oxygens (including phenoxy) is 1. The molecule has 2 fully saturated rings. The SMILES string of the molecule is CO[C@H]1CCN(C(=O)N2CCc3cc(C(C)(C)C)cc([C@@H]4CCCN4)c3C2)C1. The highest BCUT2D eigenvalue weighted by Gasteiger charge is 2.33. The number of carbonyl (C=O) groups excluding carboxylic acids is 1. The van der Waals surface area contributed by atoms with Crippen molar-refractivity contribution < 1.29 is 9.53 Å². The fourth-order valence-corrected chi connectivity index (χ4v) is 4.85. The molecule has 1 N–H and O–H groups in total. The topological polar surface area (TPSA) is 44.8 Å². The Morgan fingerprint density at radius 3 is 2.64 bits per heavy atom. The Balaban J connectivity index is 1.61. The molecule has 154 valence electrons. The Hall–Kier alpha value is -1.59. The zero-order chi connectivity index (χ0) is 19.9. The smallest absolute Gasteiger partial charge is 0.320 e. The molecule has 4 rings (SSSR count). The summed E-state index contributed by atoms with van der Waals surface area (Å²) >= 11 is 0. The summed E-state index contributed by atoms with van der Waals surface area (Å²) in [7, 11) is 1.74. The van der Waals surface area contributed by atoms with Crippen molar-refractivity contribution in [2.24, 2.45) is 0 Å². The molecule has 2 amide bonds. The second-order valence-electron chi connectivity index (χ2n) is 9.65. The predicted octanol–water partition coefficient (Wildman–Crippen LogP) is 3.61. The van der Waals surface area contributed by atoms with Crippen LogP contribution in [0, 0.1) is 0 Å². The van der Waals surface area contributed by atoms with Gasteiger partial charge in [-0.1, -0.05) is 32.9 Å². The number of hydrogen-bond donors (Lipinski definition) is 1. The summed E-state index contributed by atoms with van der Waals surface area (Å²) in [6.45, 7) is 11.0. The van der Waals surface area contributed by atoms with Crippen LogP contribution in [0.5, 0.6) is 0 Å². The summed E-state index contributed by atoms with van der Waals surface area (Å²) in [6, 6.07) is 5.41. The van der Waals surface area contributed by atoms with Crippen LogP contribution in [0.2, 0.25) is 0 Å². The highest BCUT2D eigenvalue weighted by Crippen LogP contribution is 2.36. The van der Waals surface area contributed by atoms with Crippen LogP contribution in [0.3, 0.4) is 0 Å². The minimum Gasteiger partial charge on any atom is -0.380 e. The van der Waals surface area contributed by atoms with Crippen LogP contribution in [-0.2, 0) is 23.1 Å². The zero-order valence-electron chi connectivity index (χ0n) is 17.9. The lowest BCUT2D eigenvalue weighted by Crippen LogP contribution is -2.45. The molecule has 1 aromatic rings. The van der Waals surface area contributed by atoms with Gasteiger partial charge in [0, 0.05) is 39.3 Å². The van der Waals surface area contributed by atoms with Gasteiger partial charge in [-0.05, 0) is 59.9 Å². The normalized spacial score (nSPS) is 25.3. The second kappa shape index (κ2) is 7.68. The van der Waals surface area contributed by atoms with Crippen molar-refractivity contribution in [1.82, 2.24) is 15.1 Å². The van der Waals surface area contributed by atoms with E-state index in [0.29, 0.717) is 6.04 Å². The van der Waals surface area contributed by atoms with Gasteiger partial charge in [-0.2, -0.15) is 0 Å². The number of nitrogens with one attached hydrogen (secondary N) is 1. The van der Waals surface area contributed by atoms with E-state index in [-0.39, 0.29) is 17.6 Å². The predicted molar refractivity (Wildman–Crippen MR) is 112 cm³/mol. The summed E-state index contributed by atoms with van der Waals surface area (Å²) < 4.78 is 5.45. The number of fused-ring (bicyclic) bond motifs is 1. The third kappa shape index (κ3) is 3.79. The molecule has 0 radical (unpaired) electrons. The summed E-state index contributed by atoms with van der Waals surface area (Å²) in [5.74, 6) is 0. The summed E-state index contributed by atoms with van der Waals surface area (Å²) in [4.78, 5) is 17.1. The van der Waals surface area contributed by atoms with Gasteiger partial charge in [0.15, 0.2) is 0 Å². The summed E-state index contributed by atoms with van der Waals surface area (Å²) in [5, 5.41) is 3.68. The number of rotatable bonds is 2. The number of hydrogen-bond acceptors (Lipinski definition) is 3. The number of benzene rings is 1. The largest absolute Gasteiger partial charge is 0.380 e. The van der Waals surface area contributed by atoms with Gasteiger partial charge in [0.1, 0.15) is 0 Å². The van der Waals surface area contributed by atoms with E-state index in [9.17, 15) is 4.79 Å². The van der Waals surface area contributed by atoms with Crippen LogP contribution >= 0.6 is 0 Å². The van der Waals surface area contributed by atoms with Gasteiger partial charge in [-0.25, -0.2) is 4.79 Å². The van der Waals surface area contributed by atoms with Crippen molar-refractivity contribution in [3.63, 3.8) is 0 Å². The molecule has 0 spiro atoms. The standard InChI is InChI=1S/C23H35N3O2/c1-23(2,3)17-12-16-7-10-26(22(27)25-11-8-18(14-25)28-4)15-20(16)19(13-17)21-6-5-9-24-21/h12-13,18,21,24H,5-11,14-15H2,1-4H3/t18-,21-/m0/s1. The molecule has 3 heterocycles. The Kier molecular flexibility index (Phi) is 5.41. The van der Waals surface area contributed by atoms with Gasteiger partial charge in [0.25, 0.3) is 0 Å².